The van der Waals surface area contributed by atoms with Gasteiger partial charge in [-0.3, -0.25) is 14.2 Å². The average Bonchev–Trinajstić information content (AvgIpc) is 2.66. The average molecular weight is 252 g/mol. The van der Waals surface area contributed by atoms with Crippen molar-refractivity contribution in [2.24, 2.45) is 0 Å². The first-order chi connectivity index (χ1) is 8.13. The van der Waals surface area contributed by atoms with Gasteiger partial charge in [0.1, 0.15) is 11.2 Å². The number of aryl methyl sites for hydroxylation is 1. The lowest BCUT2D eigenvalue weighted by molar-refractivity contribution is -0.143. The fraction of sp³-hybridized carbons (Fsp3) is 0.364. The molecule has 90 valence electrons. The summed E-state index contributed by atoms with van der Waals surface area (Å²) < 4.78 is 6.65. The lowest BCUT2D eigenvalue weighted by Crippen LogP contribution is -2.25. The molecule has 0 aromatic carbocycles. The van der Waals surface area contributed by atoms with Crippen LogP contribution in [0.2, 0.25) is 0 Å². The van der Waals surface area contributed by atoms with Gasteiger partial charge in [-0.2, -0.15) is 0 Å². The third kappa shape index (κ3) is 2.21. The van der Waals surface area contributed by atoms with E-state index in [1.807, 2.05) is 12.3 Å². The molecule has 0 radical (unpaired) electrons. The number of aromatic nitrogens is 2. The minimum absolute atomic E-state index is 0.0907. The molecule has 2 rings (SSSR count). The van der Waals surface area contributed by atoms with E-state index in [-0.39, 0.29) is 12.1 Å². The molecule has 2 aromatic rings. The number of carbonyl (C=O) groups is 1. The first-order valence-electron chi connectivity index (χ1n) is 5.22. The first kappa shape index (κ1) is 11.8. The van der Waals surface area contributed by atoms with Crippen LogP contribution in [-0.2, 0) is 16.1 Å². The van der Waals surface area contributed by atoms with Crippen LogP contribution in [0.25, 0.3) is 10.2 Å². The summed E-state index contributed by atoms with van der Waals surface area (Å²) in [6.45, 7) is 3.85. The molecule has 0 saturated carbocycles. The molecule has 0 aliphatic rings. The normalized spacial score (nSPS) is 10.7. The largest absolute Gasteiger partial charge is 0.465 e. The Hall–Kier alpha value is -1.69. The summed E-state index contributed by atoms with van der Waals surface area (Å²) in [5.74, 6) is -0.427. The predicted molar refractivity (Wildman–Crippen MR) is 65.3 cm³/mol. The summed E-state index contributed by atoms with van der Waals surface area (Å²) in [5.41, 5.74) is 1.49. The van der Waals surface area contributed by atoms with Gasteiger partial charge in [0.25, 0.3) is 5.56 Å². The van der Waals surface area contributed by atoms with Gasteiger partial charge >= 0.3 is 5.97 Å². The Kier molecular flexibility index (Phi) is 3.23. The van der Waals surface area contributed by atoms with Crippen LogP contribution in [0.15, 0.2) is 16.5 Å². The highest BCUT2D eigenvalue weighted by Gasteiger charge is 2.11. The number of rotatable bonds is 3. The van der Waals surface area contributed by atoms with Crippen LogP contribution in [-0.4, -0.2) is 22.1 Å². The highest BCUT2D eigenvalue weighted by molar-refractivity contribution is 7.17. The van der Waals surface area contributed by atoms with E-state index in [4.69, 9.17) is 4.74 Å². The van der Waals surface area contributed by atoms with E-state index in [9.17, 15) is 9.59 Å². The zero-order chi connectivity index (χ0) is 12.4. The van der Waals surface area contributed by atoms with E-state index < -0.39 is 5.97 Å². The van der Waals surface area contributed by atoms with Crippen molar-refractivity contribution in [3.05, 3.63) is 27.6 Å². The van der Waals surface area contributed by atoms with Gasteiger partial charge in [0.2, 0.25) is 0 Å². The summed E-state index contributed by atoms with van der Waals surface area (Å²) >= 11 is 1.35. The molecule has 6 heteroatoms. The van der Waals surface area contributed by atoms with Crippen molar-refractivity contribution in [1.82, 2.24) is 9.55 Å². The van der Waals surface area contributed by atoms with Crippen molar-refractivity contribution >= 4 is 27.5 Å². The van der Waals surface area contributed by atoms with Crippen LogP contribution in [0.1, 0.15) is 12.5 Å². The van der Waals surface area contributed by atoms with Crippen molar-refractivity contribution in [2.45, 2.75) is 20.4 Å². The maximum Gasteiger partial charge on any atom is 0.326 e. The summed E-state index contributed by atoms with van der Waals surface area (Å²) in [6, 6.07) is 0. The van der Waals surface area contributed by atoms with Crippen molar-refractivity contribution in [3.63, 3.8) is 0 Å². The van der Waals surface area contributed by atoms with Crippen LogP contribution in [0.5, 0.6) is 0 Å². The third-order valence-corrected chi connectivity index (χ3v) is 3.40. The number of carbonyl (C=O) groups excluding carboxylic acids is 1. The molecule has 0 bridgehead atoms. The van der Waals surface area contributed by atoms with Crippen molar-refractivity contribution < 1.29 is 9.53 Å². The monoisotopic (exact) mass is 252 g/mol. The van der Waals surface area contributed by atoms with Gasteiger partial charge in [-0.25, -0.2) is 4.98 Å². The number of hydrogen-bond donors (Lipinski definition) is 0. The minimum Gasteiger partial charge on any atom is -0.465 e. The number of fused-ring (bicyclic) bond motifs is 1. The molecule has 0 amide bonds. The smallest absolute Gasteiger partial charge is 0.326 e. The summed E-state index contributed by atoms with van der Waals surface area (Å²) in [6.07, 6.45) is 1.39. The minimum atomic E-state index is -0.427. The topological polar surface area (TPSA) is 61.2 Å². The fourth-order valence-corrected chi connectivity index (χ4v) is 2.47. The van der Waals surface area contributed by atoms with E-state index in [0.29, 0.717) is 16.8 Å². The quantitative estimate of drug-likeness (QED) is 0.773. The van der Waals surface area contributed by atoms with Gasteiger partial charge in [0.15, 0.2) is 0 Å². The molecule has 0 aliphatic carbocycles. The summed E-state index contributed by atoms with van der Waals surface area (Å²) in [4.78, 5) is 27.5. The molecule has 0 fully saturated rings. The Labute approximate surface area is 102 Å². The standard InChI is InChI=1S/C11H12N2O3S/c1-3-16-8(14)4-13-6-12-9-7(2)5-17-10(9)11(13)15/h5-6H,3-4H2,1-2H3. The van der Waals surface area contributed by atoms with Crippen LogP contribution in [0, 0.1) is 6.92 Å². The number of ether oxygens (including phenoxy) is 1. The maximum absolute atomic E-state index is 12.0. The molecule has 2 heterocycles. The second-order valence-electron chi connectivity index (χ2n) is 3.58. The number of nitrogens with zero attached hydrogens (tertiary/aromatic N) is 2. The van der Waals surface area contributed by atoms with Crippen molar-refractivity contribution in [2.75, 3.05) is 6.61 Å². The zero-order valence-electron chi connectivity index (χ0n) is 9.60. The van der Waals surface area contributed by atoms with Crippen LogP contribution < -0.4 is 5.56 Å². The predicted octanol–water partition coefficient (Wildman–Crippen LogP) is 1.33. The van der Waals surface area contributed by atoms with Crippen LogP contribution in [0.3, 0.4) is 0 Å². The van der Waals surface area contributed by atoms with Crippen molar-refractivity contribution in [1.29, 1.82) is 0 Å². The lowest BCUT2D eigenvalue weighted by atomic mass is 10.3. The van der Waals surface area contributed by atoms with Gasteiger partial charge in [0, 0.05) is 0 Å². The molecular weight excluding hydrogens is 240 g/mol. The Morgan fingerprint density at radius 1 is 1.59 bits per heavy atom. The molecule has 0 unspecified atom stereocenters. The van der Waals surface area contributed by atoms with Crippen molar-refractivity contribution in [3.8, 4) is 0 Å². The molecule has 0 aliphatic heterocycles. The highest BCUT2D eigenvalue weighted by atomic mass is 32.1. The van der Waals surface area contributed by atoms with E-state index in [1.54, 1.807) is 6.92 Å². The third-order valence-electron chi connectivity index (χ3n) is 2.33. The molecule has 2 aromatic heterocycles. The number of thiophene rings is 1. The summed E-state index contributed by atoms with van der Waals surface area (Å²) in [5, 5.41) is 1.88. The summed E-state index contributed by atoms with van der Waals surface area (Å²) in [7, 11) is 0. The van der Waals surface area contributed by atoms with Gasteiger partial charge in [-0.15, -0.1) is 11.3 Å². The Bertz CT molecular complexity index is 615. The highest BCUT2D eigenvalue weighted by Crippen LogP contribution is 2.19. The fourth-order valence-electron chi connectivity index (χ4n) is 1.52. The van der Waals surface area contributed by atoms with E-state index in [2.05, 4.69) is 4.98 Å². The van der Waals surface area contributed by atoms with Crippen LogP contribution >= 0.6 is 11.3 Å². The molecule has 0 saturated heterocycles. The second-order valence-corrected chi connectivity index (χ2v) is 4.46. The van der Waals surface area contributed by atoms with Crippen LogP contribution in [0.4, 0.5) is 0 Å². The SMILES string of the molecule is CCOC(=O)Cn1cnc2c(C)csc2c1=O. The van der Waals surface area contributed by atoms with Gasteiger partial charge in [0.05, 0.1) is 18.5 Å². The van der Waals surface area contributed by atoms with Gasteiger partial charge < -0.3 is 4.74 Å². The Balaban J connectivity index is 2.40. The van der Waals surface area contributed by atoms with Gasteiger partial charge in [-0.1, -0.05) is 0 Å². The lowest BCUT2D eigenvalue weighted by Gasteiger charge is -2.04. The van der Waals surface area contributed by atoms with E-state index in [0.717, 1.165) is 5.56 Å². The molecule has 0 spiro atoms. The second kappa shape index (κ2) is 4.67. The Morgan fingerprint density at radius 2 is 2.35 bits per heavy atom. The zero-order valence-corrected chi connectivity index (χ0v) is 10.4. The molecular formula is C11H12N2O3S. The van der Waals surface area contributed by atoms with E-state index >= 15 is 0 Å². The van der Waals surface area contributed by atoms with Gasteiger partial charge in [-0.05, 0) is 24.8 Å². The number of hydrogen-bond acceptors (Lipinski definition) is 5. The maximum atomic E-state index is 12.0. The number of esters is 1. The molecule has 0 N–H and O–H groups in total. The van der Waals surface area contributed by atoms with E-state index in [1.165, 1.54) is 22.2 Å². The molecule has 17 heavy (non-hydrogen) atoms. The first-order valence-corrected chi connectivity index (χ1v) is 6.10. The molecule has 0 atom stereocenters. The Morgan fingerprint density at radius 3 is 3.06 bits per heavy atom. The molecule has 5 nitrogen and oxygen atoms in total.